The number of nitrogens with one attached hydrogen (secondary N) is 2. The van der Waals surface area contributed by atoms with Crippen molar-refractivity contribution in [3.8, 4) is 0 Å². The highest BCUT2D eigenvalue weighted by molar-refractivity contribution is 7.89. The molecule has 1 rings (SSSR count). The minimum Gasteiger partial charge on any atom is -0.481 e. The number of sulfonamides is 1. The fourth-order valence-electron chi connectivity index (χ4n) is 1.69. The van der Waals surface area contributed by atoms with Gasteiger partial charge in [-0.3, -0.25) is 9.59 Å². The SMILES string of the molecule is CCS(=O)(=O)NCc1ccc(C(=O)NC(C)CC(=O)O)cc1. The summed E-state index contributed by atoms with van der Waals surface area (Å²) >= 11 is 0. The molecule has 8 heteroatoms. The zero-order valence-corrected chi connectivity index (χ0v) is 13.3. The van der Waals surface area contributed by atoms with E-state index in [1.54, 1.807) is 38.1 Å². The second kappa shape index (κ2) is 7.90. The largest absolute Gasteiger partial charge is 0.481 e. The van der Waals surface area contributed by atoms with Gasteiger partial charge in [-0.2, -0.15) is 0 Å². The number of benzene rings is 1. The van der Waals surface area contributed by atoms with Gasteiger partial charge in [0.25, 0.3) is 5.91 Å². The lowest BCUT2D eigenvalue weighted by atomic mass is 10.1. The quantitative estimate of drug-likeness (QED) is 0.651. The maximum absolute atomic E-state index is 11.9. The normalized spacial score (nSPS) is 12.6. The molecule has 0 saturated heterocycles. The van der Waals surface area contributed by atoms with Crippen LogP contribution in [0.5, 0.6) is 0 Å². The summed E-state index contributed by atoms with van der Waals surface area (Å²) in [5.74, 6) is -1.34. The molecule has 0 aliphatic carbocycles. The van der Waals surface area contributed by atoms with Crippen molar-refractivity contribution in [1.29, 1.82) is 0 Å². The van der Waals surface area contributed by atoms with Crippen LogP contribution in [0, 0.1) is 0 Å². The Bertz CT molecular complexity index is 625. The van der Waals surface area contributed by atoms with Crippen molar-refractivity contribution in [2.45, 2.75) is 32.9 Å². The number of rotatable bonds is 8. The van der Waals surface area contributed by atoms with Crippen LogP contribution in [-0.4, -0.2) is 37.2 Å². The molecule has 0 aliphatic heterocycles. The summed E-state index contributed by atoms with van der Waals surface area (Å²) in [5, 5.41) is 11.2. The molecule has 0 spiro atoms. The van der Waals surface area contributed by atoms with Crippen molar-refractivity contribution < 1.29 is 23.1 Å². The molecule has 0 saturated carbocycles. The van der Waals surface area contributed by atoms with Gasteiger partial charge in [0.2, 0.25) is 10.0 Å². The predicted molar refractivity (Wildman–Crippen MR) is 81.9 cm³/mol. The third-order valence-corrected chi connectivity index (χ3v) is 4.29. The Morgan fingerprint density at radius 1 is 1.23 bits per heavy atom. The molecule has 3 N–H and O–H groups in total. The third-order valence-electron chi connectivity index (χ3n) is 2.95. The first-order valence-corrected chi connectivity index (χ1v) is 8.47. The van der Waals surface area contributed by atoms with Gasteiger partial charge in [0, 0.05) is 18.2 Å². The molecule has 0 aromatic heterocycles. The average molecular weight is 328 g/mol. The number of carbonyl (C=O) groups is 2. The van der Waals surface area contributed by atoms with Crippen LogP contribution in [0.4, 0.5) is 0 Å². The fraction of sp³-hybridized carbons (Fsp3) is 0.429. The van der Waals surface area contributed by atoms with Gasteiger partial charge in [-0.25, -0.2) is 13.1 Å². The summed E-state index contributed by atoms with van der Waals surface area (Å²) in [7, 11) is -3.26. The number of amides is 1. The van der Waals surface area contributed by atoms with Crippen molar-refractivity contribution in [3.63, 3.8) is 0 Å². The van der Waals surface area contributed by atoms with Crippen LogP contribution in [0.15, 0.2) is 24.3 Å². The van der Waals surface area contributed by atoms with Gasteiger partial charge in [-0.05, 0) is 31.5 Å². The average Bonchev–Trinajstić information content (AvgIpc) is 2.44. The van der Waals surface area contributed by atoms with E-state index in [0.717, 1.165) is 5.56 Å². The van der Waals surface area contributed by atoms with E-state index in [9.17, 15) is 18.0 Å². The Kier molecular flexibility index (Phi) is 6.51. The first-order chi connectivity index (χ1) is 10.2. The van der Waals surface area contributed by atoms with E-state index in [4.69, 9.17) is 5.11 Å². The summed E-state index contributed by atoms with van der Waals surface area (Å²) in [6, 6.07) is 5.96. The molecule has 1 aromatic carbocycles. The Morgan fingerprint density at radius 2 is 1.82 bits per heavy atom. The van der Waals surface area contributed by atoms with Crippen LogP contribution in [0.1, 0.15) is 36.2 Å². The van der Waals surface area contributed by atoms with Crippen molar-refractivity contribution in [2.75, 3.05) is 5.75 Å². The highest BCUT2D eigenvalue weighted by atomic mass is 32.2. The van der Waals surface area contributed by atoms with Gasteiger partial charge in [-0.15, -0.1) is 0 Å². The molecule has 0 fully saturated rings. The van der Waals surface area contributed by atoms with Gasteiger partial charge >= 0.3 is 5.97 Å². The lowest BCUT2D eigenvalue weighted by Gasteiger charge is -2.12. The van der Waals surface area contributed by atoms with Crippen LogP contribution < -0.4 is 10.0 Å². The first kappa shape index (κ1) is 18.1. The van der Waals surface area contributed by atoms with Crippen molar-refractivity contribution in [1.82, 2.24) is 10.0 Å². The standard InChI is InChI=1S/C14H20N2O5S/c1-3-22(20,21)15-9-11-4-6-12(7-5-11)14(19)16-10(2)8-13(17)18/h4-7,10,15H,3,8-9H2,1-2H3,(H,16,19)(H,17,18). The maximum atomic E-state index is 11.9. The zero-order chi connectivity index (χ0) is 16.8. The van der Waals surface area contributed by atoms with E-state index in [1.165, 1.54) is 0 Å². The van der Waals surface area contributed by atoms with Crippen LogP contribution in [0.3, 0.4) is 0 Å². The Labute approximate surface area is 129 Å². The number of carbonyl (C=O) groups excluding carboxylic acids is 1. The fourth-order valence-corrected chi connectivity index (χ4v) is 2.28. The molecule has 1 unspecified atom stereocenters. The van der Waals surface area contributed by atoms with Gasteiger partial charge in [0.05, 0.1) is 12.2 Å². The highest BCUT2D eigenvalue weighted by Gasteiger charge is 2.12. The lowest BCUT2D eigenvalue weighted by molar-refractivity contribution is -0.137. The maximum Gasteiger partial charge on any atom is 0.305 e. The van der Waals surface area contributed by atoms with Crippen molar-refractivity contribution >= 4 is 21.9 Å². The molecule has 0 heterocycles. The molecule has 122 valence electrons. The second-order valence-corrected chi connectivity index (χ2v) is 6.99. The highest BCUT2D eigenvalue weighted by Crippen LogP contribution is 2.06. The van der Waals surface area contributed by atoms with Gasteiger partial charge in [0.15, 0.2) is 0 Å². The first-order valence-electron chi connectivity index (χ1n) is 6.82. The molecule has 0 bridgehead atoms. The summed E-state index contributed by atoms with van der Waals surface area (Å²) < 4.78 is 25.1. The van der Waals surface area contributed by atoms with E-state index in [2.05, 4.69) is 10.0 Å². The third kappa shape index (κ3) is 6.23. The van der Waals surface area contributed by atoms with Crippen LogP contribution >= 0.6 is 0 Å². The molecule has 0 aliphatic rings. The molecule has 1 atom stereocenters. The van der Waals surface area contributed by atoms with Gasteiger partial charge < -0.3 is 10.4 Å². The summed E-state index contributed by atoms with van der Waals surface area (Å²) in [5.41, 5.74) is 1.12. The van der Waals surface area contributed by atoms with E-state index in [-0.39, 0.29) is 24.6 Å². The number of carboxylic acid groups (broad SMARTS) is 1. The molecule has 1 amide bonds. The molecule has 1 aromatic rings. The molecular weight excluding hydrogens is 308 g/mol. The van der Waals surface area contributed by atoms with E-state index >= 15 is 0 Å². The minimum atomic E-state index is -3.26. The topological polar surface area (TPSA) is 113 Å². The van der Waals surface area contributed by atoms with E-state index in [1.807, 2.05) is 0 Å². The second-order valence-electron chi connectivity index (χ2n) is 4.89. The van der Waals surface area contributed by atoms with Gasteiger partial charge in [-0.1, -0.05) is 12.1 Å². The monoisotopic (exact) mass is 328 g/mol. The van der Waals surface area contributed by atoms with Crippen molar-refractivity contribution in [3.05, 3.63) is 35.4 Å². The van der Waals surface area contributed by atoms with E-state index < -0.39 is 22.0 Å². The summed E-state index contributed by atoms with van der Waals surface area (Å²) in [6.07, 6.45) is -0.150. The Morgan fingerprint density at radius 3 is 2.32 bits per heavy atom. The number of hydrogen-bond donors (Lipinski definition) is 3. The molecular formula is C14H20N2O5S. The number of aliphatic carboxylic acids is 1. The van der Waals surface area contributed by atoms with E-state index in [0.29, 0.717) is 5.56 Å². The summed E-state index contributed by atoms with van der Waals surface area (Å²) in [6.45, 7) is 3.32. The van der Waals surface area contributed by atoms with Crippen LogP contribution in [-0.2, 0) is 21.4 Å². The molecule has 22 heavy (non-hydrogen) atoms. The minimum absolute atomic E-state index is 0.00888. The van der Waals surface area contributed by atoms with Crippen LogP contribution in [0.25, 0.3) is 0 Å². The zero-order valence-electron chi connectivity index (χ0n) is 12.5. The number of carboxylic acids is 1. The Hall–Kier alpha value is -1.93. The number of hydrogen-bond acceptors (Lipinski definition) is 4. The summed E-state index contributed by atoms with van der Waals surface area (Å²) in [4.78, 5) is 22.4. The molecule has 7 nitrogen and oxygen atoms in total. The molecule has 0 radical (unpaired) electrons. The predicted octanol–water partition coefficient (Wildman–Crippen LogP) is 0.719. The van der Waals surface area contributed by atoms with Crippen molar-refractivity contribution in [2.24, 2.45) is 0 Å². The van der Waals surface area contributed by atoms with Gasteiger partial charge in [0.1, 0.15) is 0 Å². The van der Waals surface area contributed by atoms with Crippen LogP contribution in [0.2, 0.25) is 0 Å². The lowest BCUT2D eigenvalue weighted by Crippen LogP contribution is -2.34. The smallest absolute Gasteiger partial charge is 0.305 e. The Balaban J connectivity index is 2.61.